The van der Waals surface area contributed by atoms with Gasteiger partial charge in [-0.1, -0.05) is 139 Å². The molecule has 224 valence electrons. The zero-order valence-electron chi connectivity index (χ0n) is 26.4. The second-order valence-electron chi connectivity index (χ2n) is 11.5. The molecule has 0 bridgehead atoms. The fourth-order valence-corrected chi connectivity index (χ4v) is 6.78. The fourth-order valence-electron chi connectivity index (χ4n) is 5.20. The molecule has 0 radical (unpaired) electrons. The zero-order valence-corrected chi connectivity index (χ0v) is 27.3. The lowest BCUT2D eigenvalue weighted by Crippen LogP contribution is -2.27. The maximum Gasteiger partial charge on any atom is 0.475 e. The fraction of sp³-hybridized carbons (Fsp3) is 1.00. The van der Waals surface area contributed by atoms with E-state index in [1.165, 1.54) is 57.8 Å². The van der Waals surface area contributed by atoms with E-state index in [1.807, 2.05) is 0 Å². The van der Waals surface area contributed by atoms with Crippen molar-refractivity contribution in [2.75, 3.05) is 13.2 Å². The van der Waals surface area contributed by atoms with E-state index in [9.17, 15) is 4.57 Å². The first-order valence-corrected chi connectivity index (χ1v) is 17.9. The number of hydrogen-bond donors (Lipinski definition) is 0. The molecule has 0 aromatic carbocycles. The number of hydrogen-bond acceptors (Lipinski definition) is 4. The van der Waals surface area contributed by atoms with Crippen molar-refractivity contribution in [2.24, 2.45) is 23.7 Å². The van der Waals surface area contributed by atoms with Crippen molar-refractivity contribution in [1.82, 2.24) is 0 Å². The van der Waals surface area contributed by atoms with Gasteiger partial charge in [0.2, 0.25) is 0 Å². The van der Waals surface area contributed by atoms with Crippen molar-refractivity contribution >= 4 is 7.82 Å². The third-order valence-corrected chi connectivity index (χ3v) is 9.83. The number of phosphoric acid groups is 1. The second kappa shape index (κ2) is 24.0. The van der Waals surface area contributed by atoms with Gasteiger partial charge >= 0.3 is 7.82 Å². The Morgan fingerprint density at radius 1 is 0.541 bits per heavy atom. The highest BCUT2D eigenvalue weighted by Crippen LogP contribution is 2.54. The average molecular weight is 547 g/mol. The average Bonchev–Trinajstić information content (AvgIpc) is 2.91. The summed E-state index contributed by atoms with van der Waals surface area (Å²) in [6.07, 6.45) is 19.2. The molecule has 0 aromatic heterocycles. The van der Waals surface area contributed by atoms with Gasteiger partial charge in [0.1, 0.15) is 0 Å². The first-order valence-electron chi connectivity index (χ1n) is 16.4. The van der Waals surface area contributed by atoms with E-state index in [0.29, 0.717) is 36.9 Å². The Balaban J connectivity index is 5.84. The minimum atomic E-state index is -3.67. The van der Waals surface area contributed by atoms with Crippen molar-refractivity contribution in [3.8, 4) is 0 Å². The number of phosphoric ester groups is 1. The van der Waals surface area contributed by atoms with Crippen LogP contribution in [-0.4, -0.2) is 19.3 Å². The first kappa shape index (κ1) is 37.1. The van der Waals surface area contributed by atoms with Gasteiger partial charge in [-0.25, -0.2) is 4.57 Å². The Morgan fingerprint density at radius 3 is 1.32 bits per heavy atom. The standard InChI is InChI=1S/C32H67O4P/c1-9-17-21-28(13-5)25-32(31(16-8)24-20-12-4)36-37(33,34-26-29(14-6)22-18-10-2)35-27-30(15-7)23-19-11-3/h28-32H,9-27H2,1-8H3. The Kier molecular flexibility index (Phi) is 24.0. The molecule has 0 N–H and O–H groups in total. The van der Waals surface area contributed by atoms with Gasteiger partial charge in [0.05, 0.1) is 19.3 Å². The van der Waals surface area contributed by atoms with E-state index in [4.69, 9.17) is 13.6 Å². The Morgan fingerprint density at radius 2 is 0.946 bits per heavy atom. The van der Waals surface area contributed by atoms with E-state index in [1.54, 1.807) is 0 Å². The lowest BCUT2D eigenvalue weighted by Gasteiger charge is -2.33. The molecular formula is C32H67O4P. The van der Waals surface area contributed by atoms with Gasteiger partial charge in [-0.15, -0.1) is 0 Å². The molecule has 0 aliphatic carbocycles. The van der Waals surface area contributed by atoms with Crippen molar-refractivity contribution in [3.05, 3.63) is 0 Å². The summed E-state index contributed by atoms with van der Waals surface area (Å²) in [5.74, 6) is 1.78. The summed E-state index contributed by atoms with van der Waals surface area (Å²) in [5, 5.41) is 0. The zero-order chi connectivity index (χ0) is 27.9. The molecule has 4 nitrogen and oxygen atoms in total. The van der Waals surface area contributed by atoms with Gasteiger partial charge in [0.25, 0.3) is 0 Å². The summed E-state index contributed by atoms with van der Waals surface area (Å²) < 4.78 is 33.4. The molecule has 0 heterocycles. The molecule has 0 saturated heterocycles. The van der Waals surface area contributed by atoms with Crippen LogP contribution < -0.4 is 0 Å². The molecule has 0 saturated carbocycles. The largest absolute Gasteiger partial charge is 0.475 e. The van der Waals surface area contributed by atoms with Crippen LogP contribution in [0.2, 0.25) is 0 Å². The van der Waals surface area contributed by atoms with Gasteiger partial charge < -0.3 is 0 Å². The molecule has 0 rings (SSSR count). The third-order valence-electron chi connectivity index (χ3n) is 8.38. The Labute approximate surface area is 233 Å². The molecule has 0 spiro atoms. The molecular weight excluding hydrogens is 479 g/mol. The van der Waals surface area contributed by atoms with Crippen molar-refractivity contribution in [2.45, 2.75) is 171 Å². The first-order chi connectivity index (χ1) is 17.9. The summed E-state index contributed by atoms with van der Waals surface area (Å²) in [4.78, 5) is 0. The van der Waals surface area contributed by atoms with Crippen molar-refractivity contribution < 1.29 is 18.1 Å². The van der Waals surface area contributed by atoms with Gasteiger partial charge in [-0.05, 0) is 49.4 Å². The van der Waals surface area contributed by atoms with Crippen molar-refractivity contribution in [3.63, 3.8) is 0 Å². The quantitative estimate of drug-likeness (QED) is 0.0961. The molecule has 37 heavy (non-hydrogen) atoms. The van der Waals surface area contributed by atoms with Gasteiger partial charge in [-0.2, -0.15) is 0 Å². The second-order valence-corrected chi connectivity index (χ2v) is 13.1. The highest BCUT2D eigenvalue weighted by atomic mass is 31.2. The maximum absolute atomic E-state index is 14.3. The highest BCUT2D eigenvalue weighted by molar-refractivity contribution is 7.48. The van der Waals surface area contributed by atoms with Crippen molar-refractivity contribution in [1.29, 1.82) is 0 Å². The van der Waals surface area contributed by atoms with Crippen LogP contribution in [0.5, 0.6) is 0 Å². The molecule has 0 amide bonds. The smallest absolute Gasteiger partial charge is 0.287 e. The molecule has 0 aliphatic rings. The predicted molar refractivity (Wildman–Crippen MR) is 162 cm³/mol. The predicted octanol–water partition coefficient (Wildman–Crippen LogP) is 11.8. The Bertz CT molecular complexity index is 517. The van der Waals surface area contributed by atoms with E-state index in [0.717, 1.165) is 51.4 Å². The minimum absolute atomic E-state index is 0.0735. The topological polar surface area (TPSA) is 44.8 Å². The molecule has 5 unspecified atom stereocenters. The monoisotopic (exact) mass is 546 g/mol. The number of rotatable bonds is 27. The molecule has 0 aliphatic heterocycles. The normalized spacial score (nSPS) is 17.7. The van der Waals surface area contributed by atoms with Crippen LogP contribution in [0.3, 0.4) is 0 Å². The summed E-state index contributed by atoms with van der Waals surface area (Å²) in [5.41, 5.74) is 0. The lowest BCUT2D eigenvalue weighted by atomic mass is 9.85. The van der Waals surface area contributed by atoms with Crippen LogP contribution in [0, 0.1) is 23.7 Å². The van der Waals surface area contributed by atoms with E-state index in [-0.39, 0.29) is 6.10 Å². The van der Waals surface area contributed by atoms with Gasteiger partial charge in [0, 0.05) is 0 Å². The third kappa shape index (κ3) is 17.4. The summed E-state index contributed by atoms with van der Waals surface area (Å²) in [7, 11) is -3.67. The maximum atomic E-state index is 14.3. The number of unbranched alkanes of at least 4 members (excludes halogenated alkanes) is 4. The van der Waals surface area contributed by atoms with Crippen LogP contribution >= 0.6 is 7.82 Å². The summed E-state index contributed by atoms with van der Waals surface area (Å²) in [6, 6.07) is 0. The van der Waals surface area contributed by atoms with Crippen LogP contribution in [0.15, 0.2) is 0 Å². The van der Waals surface area contributed by atoms with Gasteiger partial charge in [-0.3, -0.25) is 13.6 Å². The van der Waals surface area contributed by atoms with Gasteiger partial charge in [0.15, 0.2) is 0 Å². The van der Waals surface area contributed by atoms with Crippen LogP contribution in [0.25, 0.3) is 0 Å². The highest BCUT2D eigenvalue weighted by Gasteiger charge is 2.36. The minimum Gasteiger partial charge on any atom is -0.287 e. The Hall–Kier alpha value is 0.110. The summed E-state index contributed by atoms with van der Waals surface area (Å²) >= 11 is 0. The van der Waals surface area contributed by atoms with E-state index < -0.39 is 7.82 Å². The molecule has 0 fully saturated rings. The van der Waals surface area contributed by atoms with Crippen LogP contribution in [0.4, 0.5) is 0 Å². The van der Waals surface area contributed by atoms with E-state index in [2.05, 4.69) is 55.4 Å². The lowest BCUT2D eigenvalue weighted by molar-refractivity contribution is 0.0215. The molecule has 5 heteroatoms. The van der Waals surface area contributed by atoms with Crippen LogP contribution in [0.1, 0.15) is 165 Å². The SMILES string of the molecule is CCCCC(CC)COP(=O)(OCC(CC)CCCC)OC(CC(CC)CCCC)C(CC)CCCC. The van der Waals surface area contributed by atoms with E-state index >= 15 is 0 Å². The molecule has 0 aromatic rings. The summed E-state index contributed by atoms with van der Waals surface area (Å²) in [6.45, 7) is 18.8. The van der Waals surface area contributed by atoms with Crippen LogP contribution in [-0.2, 0) is 18.1 Å². The molecule has 5 atom stereocenters.